The van der Waals surface area contributed by atoms with E-state index in [1.165, 1.54) is 0 Å². The van der Waals surface area contributed by atoms with E-state index in [0.717, 1.165) is 6.42 Å². The Hall–Kier alpha value is -0.570. The minimum absolute atomic E-state index is 0.0743. The summed E-state index contributed by atoms with van der Waals surface area (Å²) < 4.78 is 0. The van der Waals surface area contributed by atoms with Crippen LogP contribution in [0.3, 0.4) is 0 Å². The quantitative estimate of drug-likeness (QED) is 0.653. The Morgan fingerprint density at radius 3 is 2.75 bits per heavy atom. The zero-order chi connectivity index (χ0) is 9.14. The van der Waals surface area contributed by atoms with Gasteiger partial charge in [-0.2, -0.15) is 0 Å². The lowest BCUT2D eigenvalue weighted by Crippen LogP contribution is -2.26. The average Bonchev–Trinajstić information content (AvgIpc) is 2.62. The zero-order valence-electron chi connectivity index (χ0n) is 7.71. The van der Waals surface area contributed by atoms with Gasteiger partial charge in [-0.3, -0.25) is 4.79 Å². The molecule has 0 aromatic carbocycles. The van der Waals surface area contributed by atoms with Gasteiger partial charge in [-0.25, -0.2) is 0 Å². The summed E-state index contributed by atoms with van der Waals surface area (Å²) in [6.07, 6.45) is 1.75. The molecule has 3 nitrogen and oxygen atoms in total. The molecule has 3 atom stereocenters. The Balaban J connectivity index is 2.04. The lowest BCUT2D eigenvalue weighted by molar-refractivity contribution is -0.121. The largest absolute Gasteiger partial charge is 0.393 e. The minimum Gasteiger partial charge on any atom is -0.393 e. The number of rotatable bonds is 4. The molecule has 0 aromatic rings. The Morgan fingerprint density at radius 1 is 1.75 bits per heavy atom. The van der Waals surface area contributed by atoms with E-state index in [-0.39, 0.29) is 12.0 Å². The molecule has 70 valence electrons. The summed E-state index contributed by atoms with van der Waals surface area (Å²) in [4.78, 5) is 11.1. The second-order valence-corrected chi connectivity index (χ2v) is 3.77. The van der Waals surface area contributed by atoms with Crippen molar-refractivity contribution in [3.63, 3.8) is 0 Å². The molecule has 1 aliphatic rings. The third kappa shape index (κ3) is 3.22. The van der Waals surface area contributed by atoms with Crippen LogP contribution in [0.25, 0.3) is 0 Å². The molecule has 0 radical (unpaired) electrons. The average molecular weight is 171 g/mol. The van der Waals surface area contributed by atoms with Crippen LogP contribution in [0.5, 0.6) is 0 Å². The number of carbonyl (C=O) groups is 1. The molecule has 3 heteroatoms. The van der Waals surface area contributed by atoms with Crippen LogP contribution in [-0.4, -0.2) is 23.2 Å². The monoisotopic (exact) mass is 171 g/mol. The molecule has 1 fully saturated rings. The Morgan fingerprint density at radius 2 is 2.33 bits per heavy atom. The van der Waals surface area contributed by atoms with Crippen LogP contribution in [0, 0.1) is 5.92 Å². The van der Waals surface area contributed by atoms with Gasteiger partial charge in [0, 0.05) is 12.5 Å². The molecule has 1 amide bonds. The fraction of sp³-hybridized carbons (Fsp3) is 0.889. The van der Waals surface area contributed by atoms with E-state index >= 15 is 0 Å². The van der Waals surface area contributed by atoms with Crippen LogP contribution in [0.1, 0.15) is 33.1 Å². The predicted molar refractivity (Wildman–Crippen MR) is 46.6 cm³/mol. The molecule has 0 heterocycles. The molecular weight excluding hydrogens is 154 g/mol. The molecular formula is C9H17NO2. The lowest BCUT2D eigenvalue weighted by atomic mass is 10.2. The lowest BCUT2D eigenvalue weighted by Gasteiger charge is -2.04. The standard InChI is InChI=1S/C9H17NO2/c1-6-5-8(6)10-9(12)4-3-7(2)11/h6-8,11H,3-5H2,1-2H3,(H,10,12). The van der Waals surface area contributed by atoms with Crippen molar-refractivity contribution in [3.05, 3.63) is 0 Å². The number of nitrogens with one attached hydrogen (secondary N) is 1. The Kier molecular flexibility index (Phi) is 3.09. The maximum absolute atomic E-state index is 11.1. The van der Waals surface area contributed by atoms with Gasteiger partial charge in [-0.1, -0.05) is 6.92 Å². The normalized spacial score (nSPS) is 29.6. The van der Waals surface area contributed by atoms with Crippen molar-refractivity contribution in [2.24, 2.45) is 5.92 Å². The molecule has 0 aromatic heterocycles. The van der Waals surface area contributed by atoms with E-state index in [1.54, 1.807) is 6.92 Å². The van der Waals surface area contributed by atoms with E-state index in [1.807, 2.05) is 0 Å². The molecule has 1 saturated carbocycles. The van der Waals surface area contributed by atoms with Crippen molar-refractivity contribution in [2.45, 2.75) is 45.3 Å². The number of hydrogen-bond donors (Lipinski definition) is 2. The molecule has 1 rings (SSSR count). The third-order valence-electron chi connectivity index (χ3n) is 2.25. The van der Waals surface area contributed by atoms with E-state index in [9.17, 15) is 4.79 Å². The fourth-order valence-corrected chi connectivity index (χ4v) is 1.14. The second-order valence-electron chi connectivity index (χ2n) is 3.77. The molecule has 3 unspecified atom stereocenters. The first-order valence-electron chi connectivity index (χ1n) is 4.57. The van der Waals surface area contributed by atoms with Crippen molar-refractivity contribution in [2.75, 3.05) is 0 Å². The van der Waals surface area contributed by atoms with Crippen LogP contribution >= 0.6 is 0 Å². The van der Waals surface area contributed by atoms with Gasteiger partial charge in [0.25, 0.3) is 0 Å². The van der Waals surface area contributed by atoms with Crippen LogP contribution in [0.2, 0.25) is 0 Å². The summed E-state index contributed by atoms with van der Waals surface area (Å²) >= 11 is 0. The highest BCUT2D eigenvalue weighted by Crippen LogP contribution is 2.28. The van der Waals surface area contributed by atoms with Gasteiger partial charge in [0.05, 0.1) is 6.10 Å². The van der Waals surface area contributed by atoms with Crippen LogP contribution in [-0.2, 0) is 4.79 Å². The van der Waals surface area contributed by atoms with E-state index in [0.29, 0.717) is 24.8 Å². The number of amides is 1. The first kappa shape index (κ1) is 9.52. The summed E-state index contributed by atoms with van der Waals surface area (Å²) in [5.41, 5.74) is 0. The van der Waals surface area contributed by atoms with Crippen LogP contribution < -0.4 is 5.32 Å². The highest BCUT2D eigenvalue weighted by atomic mass is 16.3. The zero-order valence-corrected chi connectivity index (χ0v) is 7.71. The van der Waals surface area contributed by atoms with Gasteiger partial charge in [0.2, 0.25) is 5.91 Å². The van der Waals surface area contributed by atoms with Gasteiger partial charge >= 0.3 is 0 Å². The maximum atomic E-state index is 11.1. The molecule has 0 aliphatic heterocycles. The Labute approximate surface area is 73.2 Å². The van der Waals surface area contributed by atoms with Gasteiger partial charge in [0.15, 0.2) is 0 Å². The second kappa shape index (κ2) is 3.90. The summed E-state index contributed by atoms with van der Waals surface area (Å²) in [6.45, 7) is 3.83. The van der Waals surface area contributed by atoms with Crippen molar-refractivity contribution in [3.8, 4) is 0 Å². The molecule has 0 spiro atoms. The van der Waals surface area contributed by atoms with Crippen molar-refractivity contribution in [1.29, 1.82) is 0 Å². The summed E-state index contributed by atoms with van der Waals surface area (Å²) in [7, 11) is 0. The maximum Gasteiger partial charge on any atom is 0.220 e. The number of aliphatic hydroxyl groups excluding tert-OH is 1. The Bertz CT molecular complexity index is 168. The van der Waals surface area contributed by atoms with Crippen LogP contribution in [0.4, 0.5) is 0 Å². The smallest absolute Gasteiger partial charge is 0.220 e. The molecule has 0 saturated heterocycles. The highest BCUT2D eigenvalue weighted by molar-refractivity contribution is 5.76. The topological polar surface area (TPSA) is 49.3 Å². The van der Waals surface area contributed by atoms with E-state index in [2.05, 4.69) is 12.2 Å². The fourth-order valence-electron chi connectivity index (χ4n) is 1.14. The van der Waals surface area contributed by atoms with E-state index < -0.39 is 0 Å². The minimum atomic E-state index is -0.368. The first-order chi connectivity index (χ1) is 5.59. The first-order valence-corrected chi connectivity index (χ1v) is 4.57. The third-order valence-corrected chi connectivity index (χ3v) is 2.25. The van der Waals surface area contributed by atoms with Crippen molar-refractivity contribution < 1.29 is 9.90 Å². The highest BCUT2D eigenvalue weighted by Gasteiger charge is 2.33. The summed E-state index contributed by atoms with van der Waals surface area (Å²) in [5, 5.41) is 11.8. The SMILES string of the molecule is CC(O)CCC(=O)NC1CC1C. The summed E-state index contributed by atoms with van der Waals surface area (Å²) in [5.74, 6) is 0.728. The molecule has 0 bridgehead atoms. The number of hydrogen-bond acceptors (Lipinski definition) is 2. The summed E-state index contributed by atoms with van der Waals surface area (Å²) in [6, 6.07) is 0.409. The van der Waals surface area contributed by atoms with Gasteiger partial charge in [-0.05, 0) is 25.7 Å². The van der Waals surface area contributed by atoms with Crippen molar-refractivity contribution in [1.82, 2.24) is 5.32 Å². The van der Waals surface area contributed by atoms with E-state index in [4.69, 9.17) is 5.11 Å². The van der Waals surface area contributed by atoms with Gasteiger partial charge < -0.3 is 10.4 Å². The van der Waals surface area contributed by atoms with Gasteiger partial charge in [0.1, 0.15) is 0 Å². The number of aliphatic hydroxyl groups is 1. The number of carbonyl (C=O) groups excluding carboxylic acids is 1. The predicted octanol–water partition coefficient (Wildman–Crippen LogP) is 0.672. The molecule has 1 aliphatic carbocycles. The van der Waals surface area contributed by atoms with Crippen LogP contribution in [0.15, 0.2) is 0 Å². The van der Waals surface area contributed by atoms with Crippen molar-refractivity contribution >= 4 is 5.91 Å². The molecule has 12 heavy (non-hydrogen) atoms. The molecule has 2 N–H and O–H groups in total. The van der Waals surface area contributed by atoms with Gasteiger partial charge in [-0.15, -0.1) is 0 Å².